The average Bonchev–Trinajstić information content (AvgIpc) is 3.15. The van der Waals surface area contributed by atoms with Gasteiger partial charge in [-0.25, -0.2) is 9.97 Å². The lowest BCUT2D eigenvalue weighted by Gasteiger charge is -2.10. The molecule has 0 saturated heterocycles. The summed E-state index contributed by atoms with van der Waals surface area (Å²) in [5.74, 6) is 1.77. The van der Waals surface area contributed by atoms with Crippen LogP contribution in [0.3, 0.4) is 0 Å². The van der Waals surface area contributed by atoms with E-state index in [1.165, 1.54) is 17.3 Å². The zero-order chi connectivity index (χ0) is 21.1. The predicted octanol–water partition coefficient (Wildman–Crippen LogP) is 5.19. The zero-order valence-corrected chi connectivity index (χ0v) is 17.9. The standard InChI is InChI=1S/C23H22N4O2S/c1-4-16-8-9-19-18(12-16)23(26-22(24-19)17-7-5-6-14(2)10-17)30-13-21(28)25-20-11-15(3)29-27-20/h5-12H,4,13H2,1-3H3,(H,25,27,28). The number of amides is 1. The summed E-state index contributed by atoms with van der Waals surface area (Å²) in [6.07, 6.45) is 0.922. The van der Waals surface area contributed by atoms with Crippen molar-refractivity contribution in [3.8, 4) is 11.4 Å². The number of aromatic nitrogens is 3. The number of anilines is 1. The van der Waals surface area contributed by atoms with Gasteiger partial charge >= 0.3 is 0 Å². The number of nitrogens with zero attached hydrogens (tertiary/aromatic N) is 3. The van der Waals surface area contributed by atoms with Gasteiger partial charge in [-0.3, -0.25) is 4.79 Å². The summed E-state index contributed by atoms with van der Waals surface area (Å²) in [6.45, 7) is 5.94. The fourth-order valence-corrected chi connectivity index (χ4v) is 3.94. The van der Waals surface area contributed by atoms with Crippen molar-refractivity contribution in [2.24, 2.45) is 0 Å². The summed E-state index contributed by atoms with van der Waals surface area (Å²) in [7, 11) is 0. The third-order valence-electron chi connectivity index (χ3n) is 4.65. The maximum atomic E-state index is 12.4. The quantitative estimate of drug-likeness (QED) is 0.343. The number of hydrogen-bond acceptors (Lipinski definition) is 6. The summed E-state index contributed by atoms with van der Waals surface area (Å²) >= 11 is 1.39. The number of fused-ring (bicyclic) bond motifs is 1. The van der Waals surface area contributed by atoms with Gasteiger partial charge < -0.3 is 9.84 Å². The summed E-state index contributed by atoms with van der Waals surface area (Å²) < 4.78 is 4.99. The monoisotopic (exact) mass is 418 g/mol. The molecule has 0 aliphatic heterocycles. The van der Waals surface area contributed by atoms with E-state index in [4.69, 9.17) is 14.5 Å². The van der Waals surface area contributed by atoms with Gasteiger partial charge in [-0.1, -0.05) is 53.7 Å². The molecule has 1 N–H and O–H groups in total. The van der Waals surface area contributed by atoms with Crippen molar-refractivity contribution in [1.82, 2.24) is 15.1 Å². The molecule has 0 atom stereocenters. The summed E-state index contributed by atoms with van der Waals surface area (Å²) in [5, 5.41) is 8.30. The molecule has 6 nitrogen and oxygen atoms in total. The molecule has 152 valence electrons. The second kappa shape index (κ2) is 8.67. The van der Waals surface area contributed by atoms with Crippen LogP contribution in [0, 0.1) is 13.8 Å². The van der Waals surface area contributed by atoms with Crippen molar-refractivity contribution in [1.29, 1.82) is 0 Å². The fraction of sp³-hybridized carbons (Fsp3) is 0.217. The summed E-state index contributed by atoms with van der Waals surface area (Å²) in [4.78, 5) is 22.0. The molecule has 1 amide bonds. The molecular formula is C23H22N4O2S. The third-order valence-corrected chi connectivity index (χ3v) is 5.64. The van der Waals surface area contributed by atoms with Crippen LogP contribution >= 0.6 is 11.8 Å². The fourth-order valence-electron chi connectivity index (χ4n) is 3.13. The Balaban J connectivity index is 1.66. The van der Waals surface area contributed by atoms with Crippen LogP contribution in [0.25, 0.3) is 22.3 Å². The third kappa shape index (κ3) is 4.52. The minimum absolute atomic E-state index is 0.163. The van der Waals surface area contributed by atoms with Crippen molar-refractivity contribution < 1.29 is 9.32 Å². The Labute approximate surface area is 179 Å². The first-order valence-corrected chi connectivity index (χ1v) is 10.7. The van der Waals surface area contributed by atoms with Gasteiger partial charge in [0, 0.05) is 17.0 Å². The number of carbonyl (C=O) groups is 1. The van der Waals surface area contributed by atoms with E-state index in [1.54, 1.807) is 13.0 Å². The van der Waals surface area contributed by atoms with Crippen LogP contribution in [-0.2, 0) is 11.2 Å². The van der Waals surface area contributed by atoms with Crippen molar-refractivity contribution >= 4 is 34.4 Å². The molecule has 0 radical (unpaired) electrons. The SMILES string of the molecule is CCc1ccc2nc(-c3cccc(C)c3)nc(SCC(=O)Nc3cc(C)on3)c2c1. The van der Waals surface area contributed by atoms with E-state index >= 15 is 0 Å². The van der Waals surface area contributed by atoms with Crippen LogP contribution in [0.15, 0.2) is 58.1 Å². The van der Waals surface area contributed by atoms with Crippen LogP contribution in [0.4, 0.5) is 5.82 Å². The molecule has 2 aromatic carbocycles. The molecule has 2 aromatic heterocycles. The molecule has 0 fully saturated rings. The number of rotatable bonds is 6. The Morgan fingerprint density at radius 2 is 1.97 bits per heavy atom. The number of thioether (sulfide) groups is 1. The van der Waals surface area contributed by atoms with Gasteiger partial charge in [0.05, 0.1) is 11.3 Å². The Hall–Kier alpha value is -3.19. The highest BCUT2D eigenvalue weighted by molar-refractivity contribution is 8.00. The Kier molecular flexibility index (Phi) is 5.81. The lowest BCUT2D eigenvalue weighted by molar-refractivity contribution is -0.113. The molecule has 0 aliphatic carbocycles. The van der Waals surface area contributed by atoms with E-state index in [0.29, 0.717) is 17.4 Å². The number of benzene rings is 2. The zero-order valence-electron chi connectivity index (χ0n) is 17.1. The Morgan fingerprint density at radius 3 is 2.70 bits per heavy atom. The summed E-state index contributed by atoms with van der Waals surface area (Å²) in [5.41, 5.74) is 4.18. The largest absolute Gasteiger partial charge is 0.360 e. The molecular weight excluding hydrogens is 396 g/mol. The van der Waals surface area contributed by atoms with Gasteiger partial charge in [0.1, 0.15) is 10.8 Å². The maximum Gasteiger partial charge on any atom is 0.236 e. The second-order valence-corrected chi connectivity index (χ2v) is 8.05. The highest BCUT2D eigenvalue weighted by atomic mass is 32.2. The minimum atomic E-state index is -0.163. The average molecular weight is 419 g/mol. The molecule has 0 spiro atoms. The Morgan fingerprint density at radius 1 is 1.10 bits per heavy atom. The van der Waals surface area contributed by atoms with Crippen LogP contribution in [0.1, 0.15) is 23.8 Å². The van der Waals surface area contributed by atoms with Crippen molar-refractivity contribution in [3.63, 3.8) is 0 Å². The lowest BCUT2D eigenvalue weighted by atomic mass is 10.1. The highest BCUT2D eigenvalue weighted by Crippen LogP contribution is 2.29. The normalized spacial score (nSPS) is 11.0. The van der Waals surface area contributed by atoms with E-state index in [0.717, 1.165) is 33.5 Å². The number of hydrogen-bond donors (Lipinski definition) is 1. The topological polar surface area (TPSA) is 80.9 Å². The first-order chi connectivity index (χ1) is 14.5. The molecule has 0 bridgehead atoms. The number of nitrogens with one attached hydrogen (secondary N) is 1. The second-order valence-electron chi connectivity index (χ2n) is 7.09. The molecule has 7 heteroatoms. The molecule has 30 heavy (non-hydrogen) atoms. The first-order valence-electron chi connectivity index (χ1n) is 9.75. The van der Waals surface area contributed by atoms with Gasteiger partial charge in [-0.2, -0.15) is 0 Å². The minimum Gasteiger partial charge on any atom is -0.360 e. The van der Waals surface area contributed by atoms with E-state index in [-0.39, 0.29) is 11.7 Å². The smallest absolute Gasteiger partial charge is 0.236 e. The molecule has 0 unspecified atom stereocenters. The van der Waals surface area contributed by atoms with Crippen molar-refractivity contribution in [2.75, 3.05) is 11.1 Å². The lowest BCUT2D eigenvalue weighted by Crippen LogP contribution is -2.14. The summed E-state index contributed by atoms with van der Waals surface area (Å²) in [6, 6.07) is 16.0. The van der Waals surface area contributed by atoms with Crippen molar-refractivity contribution in [3.05, 3.63) is 65.4 Å². The Bertz CT molecular complexity index is 1220. The molecule has 2 heterocycles. The van der Waals surface area contributed by atoms with Gasteiger partial charge in [-0.05, 0) is 44.0 Å². The predicted molar refractivity (Wildman–Crippen MR) is 120 cm³/mol. The van der Waals surface area contributed by atoms with Gasteiger partial charge in [0.15, 0.2) is 11.6 Å². The van der Waals surface area contributed by atoms with Gasteiger partial charge in [0.25, 0.3) is 0 Å². The van der Waals surface area contributed by atoms with Crippen LogP contribution in [-0.4, -0.2) is 26.8 Å². The van der Waals surface area contributed by atoms with Crippen molar-refractivity contribution in [2.45, 2.75) is 32.2 Å². The molecule has 4 aromatic rings. The van der Waals surface area contributed by atoms with E-state index < -0.39 is 0 Å². The van der Waals surface area contributed by atoms with Crippen LogP contribution in [0.2, 0.25) is 0 Å². The van der Waals surface area contributed by atoms with Gasteiger partial charge in [-0.15, -0.1) is 0 Å². The van der Waals surface area contributed by atoms with E-state index in [9.17, 15) is 4.79 Å². The number of aryl methyl sites for hydroxylation is 3. The molecule has 4 rings (SSSR count). The van der Waals surface area contributed by atoms with Gasteiger partial charge in [0.2, 0.25) is 5.91 Å². The van der Waals surface area contributed by atoms with E-state index in [2.05, 4.69) is 35.6 Å². The van der Waals surface area contributed by atoms with E-state index in [1.807, 2.05) is 31.2 Å². The highest BCUT2D eigenvalue weighted by Gasteiger charge is 2.14. The molecule has 0 saturated carbocycles. The van der Waals surface area contributed by atoms with Crippen LogP contribution < -0.4 is 5.32 Å². The molecule has 0 aliphatic rings. The van der Waals surface area contributed by atoms with Crippen LogP contribution in [0.5, 0.6) is 0 Å². The number of carbonyl (C=O) groups excluding carboxylic acids is 1. The maximum absolute atomic E-state index is 12.4. The first kappa shape index (κ1) is 20.1.